The summed E-state index contributed by atoms with van der Waals surface area (Å²) in [7, 11) is 0. The van der Waals surface area contributed by atoms with E-state index in [4.69, 9.17) is 23.2 Å². The van der Waals surface area contributed by atoms with E-state index < -0.39 is 0 Å². The highest BCUT2D eigenvalue weighted by Crippen LogP contribution is 2.41. The molecule has 0 saturated carbocycles. The Labute approximate surface area is 149 Å². The number of halogens is 2. The van der Waals surface area contributed by atoms with Gasteiger partial charge in [-0.2, -0.15) is 4.98 Å². The normalized spacial score (nSPS) is 22.0. The molecule has 1 aliphatic heterocycles. The van der Waals surface area contributed by atoms with E-state index in [1.54, 1.807) is 0 Å². The highest BCUT2D eigenvalue weighted by atomic mass is 35.5. The van der Waals surface area contributed by atoms with E-state index in [1.807, 2.05) is 0 Å². The zero-order valence-electron chi connectivity index (χ0n) is 14.6. The second-order valence-electron chi connectivity index (χ2n) is 7.81. The lowest BCUT2D eigenvalue weighted by Crippen LogP contribution is -2.66. The third-order valence-electron chi connectivity index (χ3n) is 4.17. The first-order valence-corrected chi connectivity index (χ1v) is 8.95. The summed E-state index contributed by atoms with van der Waals surface area (Å²) in [6.45, 7) is 11.9. The smallest absolute Gasteiger partial charge is 0.226 e. The van der Waals surface area contributed by atoms with Crippen LogP contribution in [0.3, 0.4) is 0 Å². The molecule has 0 atom stereocenters. The summed E-state index contributed by atoms with van der Waals surface area (Å²) in [4.78, 5) is 12.7. The van der Waals surface area contributed by atoms with Gasteiger partial charge in [-0.3, -0.25) is 0 Å². The van der Waals surface area contributed by atoms with Crippen LogP contribution in [0.25, 0.3) is 0 Å². The molecule has 1 aliphatic rings. The maximum atomic E-state index is 6.04. The van der Waals surface area contributed by atoms with E-state index in [9.17, 15) is 0 Å². The molecule has 0 spiro atoms. The van der Waals surface area contributed by atoms with E-state index in [1.165, 1.54) is 0 Å². The van der Waals surface area contributed by atoms with Crippen LogP contribution in [0.1, 0.15) is 66.1 Å². The lowest BCUT2D eigenvalue weighted by atomic mass is 9.70. The highest BCUT2D eigenvalue weighted by molar-refractivity contribution is 6.31. The average molecular weight is 360 g/mol. The zero-order chi connectivity index (χ0) is 17.3. The summed E-state index contributed by atoms with van der Waals surface area (Å²) in [6.07, 6.45) is 3.93. The van der Waals surface area contributed by atoms with Crippen molar-refractivity contribution in [2.24, 2.45) is 0 Å². The Morgan fingerprint density at radius 1 is 1.00 bits per heavy atom. The van der Waals surface area contributed by atoms with Gasteiger partial charge in [0.1, 0.15) is 0 Å². The maximum absolute atomic E-state index is 6.04. The number of nitrogens with one attached hydrogen (secondary N) is 2. The van der Waals surface area contributed by atoms with Crippen LogP contribution < -0.4 is 10.6 Å². The summed E-state index contributed by atoms with van der Waals surface area (Å²) in [6, 6.07) is 0. The number of aromatic nitrogens is 3. The van der Waals surface area contributed by atoms with Crippen LogP contribution in [0.15, 0.2) is 0 Å². The van der Waals surface area contributed by atoms with Crippen LogP contribution in [0.5, 0.6) is 0 Å². The van der Waals surface area contributed by atoms with Gasteiger partial charge in [0, 0.05) is 11.1 Å². The van der Waals surface area contributed by atoms with Crippen molar-refractivity contribution in [1.82, 2.24) is 25.6 Å². The molecule has 0 bridgehead atoms. The van der Waals surface area contributed by atoms with Crippen molar-refractivity contribution in [2.75, 3.05) is 6.54 Å². The van der Waals surface area contributed by atoms with Gasteiger partial charge in [-0.15, -0.1) is 0 Å². The number of hydrogen-bond donors (Lipinski definition) is 2. The Morgan fingerprint density at radius 3 is 2.00 bits per heavy atom. The lowest BCUT2D eigenvalue weighted by Gasteiger charge is -2.52. The van der Waals surface area contributed by atoms with Gasteiger partial charge < -0.3 is 10.6 Å². The zero-order valence-corrected chi connectivity index (χ0v) is 16.1. The fourth-order valence-corrected chi connectivity index (χ4v) is 4.35. The molecule has 7 heteroatoms. The van der Waals surface area contributed by atoms with Gasteiger partial charge in [0.05, 0.1) is 5.54 Å². The molecule has 0 aliphatic carbocycles. The third kappa shape index (κ3) is 4.75. The Balaban J connectivity index is 2.46. The van der Waals surface area contributed by atoms with Crippen molar-refractivity contribution in [3.63, 3.8) is 0 Å². The Hall–Kier alpha value is -0.490. The maximum Gasteiger partial charge on any atom is 0.226 e. The number of nitrogens with zero attached hydrogens (tertiary/aromatic N) is 3. The Morgan fingerprint density at radius 2 is 1.52 bits per heavy atom. The number of piperidine rings is 1. The molecule has 0 unspecified atom stereocenters. The first kappa shape index (κ1) is 18.8. The average Bonchev–Trinajstić information content (AvgIpc) is 2.34. The first-order chi connectivity index (χ1) is 10.6. The molecule has 1 fully saturated rings. The summed E-state index contributed by atoms with van der Waals surface area (Å²) >= 11 is 12.1. The van der Waals surface area contributed by atoms with Gasteiger partial charge in [0.2, 0.25) is 10.6 Å². The second-order valence-corrected chi connectivity index (χ2v) is 8.48. The Kier molecular flexibility index (Phi) is 5.56. The molecule has 1 aromatic rings. The number of hydrogen-bond acceptors (Lipinski definition) is 5. The molecule has 0 amide bonds. The molecular formula is C16H27Cl2N5. The van der Waals surface area contributed by atoms with Gasteiger partial charge in [-0.05, 0) is 76.7 Å². The van der Waals surface area contributed by atoms with Crippen LogP contribution in [0.2, 0.25) is 10.6 Å². The Bertz CT molecular complexity index is 523. The highest BCUT2D eigenvalue weighted by Gasteiger charge is 2.49. The van der Waals surface area contributed by atoms with E-state index >= 15 is 0 Å². The van der Waals surface area contributed by atoms with Gasteiger partial charge in [-0.1, -0.05) is 13.3 Å². The second kappa shape index (κ2) is 6.79. The molecule has 23 heavy (non-hydrogen) atoms. The van der Waals surface area contributed by atoms with Crippen LogP contribution in [0.4, 0.5) is 0 Å². The van der Waals surface area contributed by atoms with Crippen molar-refractivity contribution in [2.45, 2.75) is 76.9 Å². The van der Waals surface area contributed by atoms with E-state index in [2.05, 4.69) is 60.2 Å². The minimum absolute atomic E-state index is 0.0629. The van der Waals surface area contributed by atoms with Gasteiger partial charge >= 0.3 is 0 Å². The molecule has 130 valence electrons. The minimum atomic E-state index is -0.371. The van der Waals surface area contributed by atoms with Crippen molar-refractivity contribution < 1.29 is 0 Å². The summed E-state index contributed by atoms with van der Waals surface area (Å²) < 4.78 is 0. The molecule has 2 N–H and O–H groups in total. The van der Waals surface area contributed by atoms with E-state index in [0.29, 0.717) is 5.82 Å². The molecule has 0 aromatic carbocycles. The van der Waals surface area contributed by atoms with Crippen molar-refractivity contribution in [3.05, 3.63) is 16.4 Å². The van der Waals surface area contributed by atoms with E-state index in [-0.39, 0.29) is 27.2 Å². The molecule has 2 heterocycles. The minimum Gasteiger partial charge on any atom is -0.307 e. The predicted molar refractivity (Wildman–Crippen MR) is 95.0 cm³/mol. The molecule has 0 radical (unpaired) electrons. The van der Waals surface area contributed by atoms with Gasteiger partial charge in [0.25, 0.3) is 0 Å². The van der Waals surface area contributed by atoms with Crippen molar-refractivity contribution in [1.29, 1.82) is 0 Å². The summed E-state index contributed by atoms with van der Waals surface area (Å²) in [5.41, 5.74) is -0.497. The summed E-state index contributed by atoms with van der Waals surface area (Å²) in [5, 5.41) is 7.70. The standard InChI is InChI=1S/C16H27Cl2N5/c1-6-7-8-19-16(11-20-12(17)22-13(18)21-11)9-14(2,3)23-15(4,5)10-16/h19,23H,6-10H2,1-5H3. The first-order valence-electron chi connectivity index (χ1n) is 8.19. The SMILES string of the molecule is CCCCNC1(c2nc(Cl)nc(Cl)n2)CC(C)(C)NC(C)(C)C1. The van der Waals surface area contributed by atoms with Crippen molar-refractivity contribution in [3.8, 4) is 0 Å². The molecule has 1 aromatic heterocycles. The van der Waals surface area contributed by atoms with Crippen LogP contribution in [0, 0.1) is 0 Å². The predicted octanol–water partition coefficient (Wildman–Crippen LogP) is 3.70. The van der Waals surface area contributed by atoms with Gasteiger partial charge in [-0.25, -0.2) is 9.97 Å². The molecule has 1 saturated heterocycles. The number of rotatable bonds is 5. The largest absolute Gasteiger partial charge is 0.307 e. The molecule has 2 rings (SSSR count). The molecule has 5 nitrogen and oxygen atoms in total. The third-order valence-corrected chi connectivity index (χ3v) is 4.50. The molecular weight excluding hydrogens is 333 g/mol. The van der Waals surface area contributed by atoms with Crippen LogP contribution in [-0.4, -0.2) is 32.6 Å². The van der Waals surface area contributed by atoms with Crippen molar-refractivity contribution >= 4 is 23.2 Å². The quantitative estimate of drug-likeness (QED) is 0.784. The monoisotopic (exact) mass is 359 g/mol. The number of unbranched alkanes of at least 4 members (excludes halogenated alkanes) is 1. The lowest BCUT2D eigenvalue weighted by molar-refractivity contribution is 0.0720. The fourth-order valence-electron chi connectivity index (χ4n) is 3.98. The van der Waals surface area contributed by atoms with Crippen LogP contribution >= 0.6 is 23.2 Å². The fraction of sp³-hybridized carbons (Fsp3) is 0.812. The van der Waals surface area contributed by atoms with E-state index in [0.717, 1.165) is 32.2 Å². The summed E-state index contributed by atoms with van der Waals surface area (Å²) in [5.74, 6) is 0.640. The van der Waals surface area contributed by atoms with Crippen LogP contribution in [-0.2, 0) is 5.54 Å². The van der Waals surface area contributed by atoms with Gasteiger partial charge in [0.15, 0.2) is 5.82 Å². The topological polar surface area (TPSA) is 62.7 Å².